The molecule has 30 valence electrons. The summed E-state index contributed by atoms with van der Waals surface area (Å²) in [6.07, 6.45) is 0. The van der Waals surface area contributed by atoms with Gasteiger partial charge in [0.05, 0.1) is 0 Å². The fourth-order valence-corrected chi connectivity index (χ4v) is 0. The van der Waals surface area contributed by atoms with Gasteiger partial charge in [0.15, 0.2) is 0 Å². The maximum absolute atomic E-state index is 9.18. The van der Waals surface area contributed by atoms with Crippen molar-refractivity contribution in [3.63, 3.8) is 0 Å². The molecule has 0 aromatic carbocycles. The van der Waals surface area contributed by atoms with E-state index >= 15 is 0 Å². The first-order valence-corrected chi connectivity index (χ1v) is 3.92. The van der Waals surface area contributed by atoms with Crippen LogP contribution in [0.4, 0.5) is 0 Å². The number of rotatable bonds is 1. The molecule has 0 aromatic heterocycles. The van der Waals surface area contributed by atoms with Crippen molar-refractivity contribution < 1.29 is 36.9 Å². The third-order valence-corrected chi connectivity index (χ3v) is 0.462. The Morgan fingerprint density at radius 2 is 2.00 bits per heavy atom. The van der Waals surface area contributed by atoms with E-state index in [4.69, 9.17) is 8.44 Å². The summed E-state index contributed by atoms with van der Waals surface area (Å²) in [4.78, 5) is 0. The monoisotopic (exact) mass is 156 g/mol. The first-order chi connectivity index (χ1) is 2.27. The van der Waals surface area contributed by atoms with E-state index in [0.29, 0.717) is 0 Å². The molecule has 0 unspecified atom stereocenters. The predicted molar refractivity (Wildman–Crippen MR) is 6.62 cm³/mol. The van der Waals surface area contributed by atoms with Crippen LogP contribution in [0.3, 0.4) is 0 Å². The second-order valence-corrected chi connectivity index (χ2v) is 2.11. The van der Waals surface area contributed by atoms with Gasteiger partial charge in [-0.1, -0.05) is 0 Å². The van der Waals surface area contributed by atoms with Gasteiger partial charge < -0.3 is 0 Å². The molecule has 0 saturated carbocycles. The summed E-state index contributed by atoms with van der Waals surface area (Å²) in [5, 5.41) is 7.17. The Bertz CT molecular complexity index is 38.9. The SMILES string of the molecule is [O]=[Zr]([OH])[O]O. The van der Waals surface area contributed by atoms with E-state index in [9.17, 15) is 2.81 Å². The first kappa shape index (κ1) is 5.56. The van der Waals surface area contributed by atoms with Crippen LogP contribution in [-0.4, -0.2) is 8.44 Å². The van der Waals surface area contributed by atoms with E-state index in [1.807, 2.05) is 0 Å². The molecule has 0 radical (unpaired) electrons. The topological polar surface area (TPSA) is 66.8 Å². The minimum atomic E-state index is -3.77. The standard InChI is InChI=1S/H2O2.H2O.O.Zr/c1-2;;;/h1-2H;1H2;;/q;;;+2/p-2. The second kappa shape index (κ2) is 2.78. The summed E-state index contributed by atoms with van der Waals surface area (Å²) in [6, 6.07) is 0. The molecule has 0 heterocycles. The fourth-order valence-electron chi connectivity index (χ4n) is 0. The molecule has 5 heteroatoms. The summed E-state index contributed by atoms with van der Waals surface area (Å²) in [6.45, 7) is 0. The van der Waals surface area contributed by atoms with Gasteiger partial charge in [0, 0.05) is 0 Å². The average molecular weight is 157 g/mol. The predicted octanol–water partition coefficient (Wildman–Crippen LogP) is -0.738. The van der Waals surface area contributed by atoms with Gasteiger partial charge in [0.1, 0.15) is 0 Å². The number of hydrogen-bond acceptors (Lipinski definition) is 3. The molecular weight excluding hydrogens is 155 g/mol. The van der Waals surface area contributed by atoms with Crippen LogP contribution >= 0.6 is 0 Å². The Hall–Kier alpha value is 0.563. The van der Waals surface area contributed by atoms with E-state index < -0.39 is 22.6 Å². The van der Waals surface area contributed by atoms with Gasteiger partial charge in [-0.15, -0.1) is 0 Å². The molecule has 0 atom stereocenters. The van der Waals surface area contributed by atoms with Gasteiger partial charge in [-0.2, -0.15) is 0 Å². The van der Waals surface area contributed by atoms with Crippen molar-refractivity contribution in [3.05, 3.63) is 0 Å². The van der Waals surface area contributed by atoms with E-state index in [1.54, 1.807) is 0 Å². The molecule has 2 N–H and O–H groups in total. The average Bonchev–Trinajstić information content (AvgIpc) is 1.38. The molecule has 0 amide bonds. The Kier molecular flexibility index (Phi) is 3.10. The quantitative estimate of drug-likeness (QED) is 0.389. The van der Waals surface area contributed by atoms with Crippen LogP contribution in [0.25, 0.3) is 0 Å². The van der Waals surface area contributed by atoms with Crippen LogP contribution < -0.4 is 0 Å². The molecule has 0 aromatic rings. The van der Waals surface area contributed by atoms with Crippen LogP contribution in [0.15, 0.2) is 0 Å². The van der Waals surface area contributed by atoms with Crippen molar-refractivity contribution >= 4 is 0 Å². The van der Waals surface area contributed by atoms with E-state index in [1.165, 1.54) is 0 Å². The molecule has 0 aliphatic rings. The second-order valence-electron chi connectivity index (χ2n) is 0.357. The van der Waals surface area contributed by atoms with Gasteiger partial charge >= 0.3 is 36.9 Å². The van der Waals surface area contributed by atoms with Crippen LogP contribution in [0, 0.1) is 0 Å². The molecule has 0 fully saturated rings. The van der Waals surface area contributed by atoms with Crippen LogP contribution in [0.1, 0.15) is 0 Å². The van der Waals surface area contributed by atoms with Crippen molar-refractivity contribution in [2.24, 2.45) is 0 Å². The molecular formula is H2O4Zr. The summed E-state index contributed by atoms with van der Waals surface area (Å²) in [5.74, 6) is 0. The fraction of sp³-hybridized carbons (Fsp3) is 0. The zero-order valence-corrected chi connectivity index (χ0v) is 4.67. The Balaban J connectivity index is 2.85. The molecule has 0 aliphatic carbocycles. The zero-order chi connectivity index (χ0) is 4.28. The maximum atomic E-state index is 9.18. The summed E-state index contributed by atoms with van der Waals surface area (Å²) in [5.41, 5.74) is 0. The van der Waals surface area contributed by atoms with Gasteiger partial charge in [-0.3, -0.25) is 0 Å². The van der Waals surface area contributed by atoms with Crippen LogP contribution in [0.2, 0.25) is 0 Å². The molecule has 0 bridgehead atoms. The van der Waals surface area contributed by atoms with Gasteiger partial charge in [0.25, 0.3) is 0 Å². The first-order valence-electron chi connectivity index (χ1n) is 0.814. The van der Waals surface area contributed by atoms with Gasteiger partial charge in [0.2, 0.25) is 0 Å². The van der Waals surface area contributed by atoms with Crippen molar-refractivity contribution in [3.8, 4) is 0 Å². The summed E-state index contributed by atoms with van der Waals surface area (Å²) in [7, 11) is 0. The van der Waals surface area contributed by atoms with Crippen LogP contribution in [0.5, 0.6) is 0 Å². The normalized spacial score (nSPS) is 7.60. The zero-order valence-electron chi connectivity index (χ0n) is 2.21. The minimum absolute atomic E-state index is 2.95. The van der Waals surface area contributed by atoms with Crippen LogP contribution in [-0.2, 0) is 28.4 Å². The Morgan fingerprint density at radius 1 is 1.80 bits per heavy atom. The Labute approximate surface area is 37.3 Å². The molecule has 0 saturated heterocycles. The third kappa shape index (κ3) is 4.56. The van der Waals surface area contributed by atoms with Crippen molar-refractivity contribution in [2.45, 2.75) is 0 Å². The van der Waals surface area contributed by atoms with Crippen molar-refractivity contribution in [2.75, 3.05) is 0 Å². The van der Waals surface area contributed by atoms with E-state index in [2.05, 4.69) is 2.96 Å². The van der Waals surface area contributed by atoms with E-state index in [0.717, 1.165) is 0 Å². The van der Waals surface area contributed by atoms with E-state index in [-0.39, 0.29) is 0 Å². The molecule has 4 nitrogen and oxygen atoms in total. The van der Waals surface area contributed by atoms with Gasteiger partial charge in [-0.05, 0) is 0 Å². The summed E-state index contributed by atoms with van der Waals surface area (Å²) < 4.78 is 19.7. The number of hydrogen-bond donors (Lipinski definition) is 2. The summed E-state index contributed by atoms with van der Waals surface area (Å²) >= 11 is -3.77. The Morgan fingerprint density at radius 3 is 2.00 bits per heavy atom. The molecule has 0 rings (SSSR count). The van der Waals surface area contributed by atoms with Gasteiger partial charge in [-0.25, -0.2) is 0 Å². The molecule has 0 aliphatic heterocycles. The van der Waals surface area contributed by atoms with Crippen molar-refractivity contribution in [1.29, 1.82) is 0 Å². The molecule has 0 spiro atoms. The molecule has 5 heavy (non-hydrogen) atoms. The third-order valence-electron chi connectivity index (χ3n) is 0.0781. The van der Waals surface area contributed by atoms with Crippen molar-refractivity contribution in [1.82, 2.24) is 0 Å².